The molecule has 1 saturated heterocycles. The fraction of sp³-hybridized carbons (Fsp3) is 0.400. The Hall–Kier alpha value is -2.18. The van der Waals surface area contributed by atoms with Crippen molar-refractivity contribution in [3.63, 3.8) is 0 Å². The van der Waals surface area contributed by atoms with Gasteiger partial charge in [-0.1, -0.05) is 24.3 Å². The van der Waals surface area contributed by atoms with Gasteiger partial charge in [0, 0.05) is 17.0 Å². The van der Waals surface area contributed by atoms with Gasteiger partial charge in [0.05, 0.1) is 12.6 Å². The summed E-state index contributed by atoms with van der Waals surface area (Å²) in [5.74, 6) is -0.375. The molecule has 2 N–H and O–H groups in total. The highest BCUT2D eigenvalue weighted by atomic mass is 32.1. The molecule has 26 heavy (non-hydrogen) atoms. The Bertz CT molecular complexity index is 739. The molecule has 2 heterocycles. The highest BCUT2D eigenvalue weighted by molar-refractivity contribution is 7.10. The van der Waals surface area contributed by atoms with Gasteiger partial charge >= 0.3 is 0 Å². The molecule has 138 valence electrons. The van der Waals surface area contributed by atoms with E-state index in [0.717, 1.165) is 18.7 Å². The van der Waals surface area contributed by atoms with Gasteiger partial charge in [0.1, 0.15) is 0 Å². The Morgan fingerprint density at radius 2 is 1.88 bits per heavy atom. The van der Waals surface area contributed by atoms with Crippen LogP contribution >= 0.6 is 11.3 Å². The van der Waals surface area contributed by atoms with Crippen molar-refractivity contribution in [2.75, 3.05) is 26.2 Å². The van der Waals surface area contributed by atoms with Gasteiger partial charge in [0.15, 0.2) is 0 Å². The molecule has 3 rings (SSSR count). The zero-order valence-electron chi connectivity index (χ0n) is 15.0. The summed E-state index contributed by atoms with van der Waals surface area (Å²) in [4.78, 5) is 28.1. The van der Waals surface area contributed by atoms with Crippen LogP contribution in [0.15, 0.2) is 41.8 Å². The number of rotatable bonds is 7. The minimum absolute atomic E-state index is 0.00960. The number of amides is 2. The molecule has 2 amide bonds. The average molecular weight is 372 g/mol. The molecule has 0 bridgehead atoms. The predicted octanol–water partition coefficient (Wildman–Crippen LogP) is 2.74. The fourth-order valence-corrected chi connectivity index (χ4v) is 4.16. The minimum Gasteiger partial charge on any atom is -0.353 e. The summed E-state index contributed by atoms with van der Waals surface area (Å²) >= 11 is 1.72. The van der Waals surface area contributed by atoms with Crippen LogP contribution in [0.4, 0.5) is 0 Å². The van der Waals surface area contributed by atoms with Crippen LogP contribution < -0.4 is 10.6 Å². The second-order valence-electron chi connectivity index (χ2n) is 6.58. The first-order valence-corrected chi connectivity index (χ1v) is 9.91. The number of hydrogen-bond donors (Lipinski definition) is 2. The summed E-state index contributed by atoms with van der Waals surface area (Å²) in [6, 6.07) is 11.8. The number of nitrogens with one attached hydrogen (secondary N) is 2. The maximum Gasteiger partial charge on any atom is 0.251 e. The first-order chi connectivity index (χ1) is 12.6. The monoisotopic (exact) mass is 371 g/mol. The maximum atomic E-state index is 12.2. The maximum absolute atomic E-state index is 12.2. The van der Waals surface area contributed by atoms with E-state index in [1.165, 1.54) is 17.7 Å². The normalized spacial score (nSPS) is 15.6. The van der Waals surface area contributed by atoms with E-state index in [0.29, 0.717) is 12.1 Å². The molecule has 6 heteroatoms. The van der Waals surface area contributed by atoms with Gasteiger partial charge in [-0.05, 0) is 55.9 Å². The Morgan fingerprint density at radius 1 is 1.12 bits per heavy atom. The number of carbonyl (C=O) groups excluding carboxylic acids is 2. The zero-order chi connectivity index (χ0) is 18.4. The van der Waals surface area contributed by atoms with Crippen LogP contribution in [0.3, 0.4) is 0 Å². The number of carbonyl (C=O) groups is 2. The Balaban J connectivity index is 1.51. The van der Waals surface area contributed by atoms with Crippen molar-refractivity contribution in [2.24, 2.45) is 0 Å². The van der Waals surface area contributed by atoms with E-state index in [2.05, 4.69) is 27.0 Å². The lowest BCUT2D eigenvalue weighted by Crippen LogP contribution is -2.41. The van der Waals surface area contributed by atoms with Crippen LogP contribution in [0.2, 0.25) is 0 Å². The molecule has 5 nitrogen and oxygen atoms in total. The van der Waals surface area contributed by atoms with E-state index >= 15 is 0 Å². The lowest BCUT2D eigenvalue weighted by Gasteiger charge is -2.27. The lowest BCUT2D eigenvalue weighted by molar-refractivity contribution is -0.120. The van der Waals surface area contributed by atoms with Crippen molar-refractivity contribution in [1.29, 1.82) is 0 Å². The van der Waals surface area contributed by atoms with Crippen molar-refractivity contribution in [1.82, 2.24) is 15.5 Å². The largest absolute Gasteiger partial charge is 0.353 e. The van der Waals surface area contributed by atoms with Crippen molar-refractivity contribution in [3.8, 4) is 0 Å². The summed E-state index contributed by atoms with van der Waals surface area (Å²) in [5, 5.41) is 7.76. The molecule has 2 aromatic rings. The van der Waals surface area contributed by atoms with E-state index < -0.39 is 0 Å². The van der Waals surface area contributed by atoms with Gasteiger partial charge in [-0.25, -0.2) is 0 Å². The summed E-state index contributed by atoms with van der Waals surface area (Å²) in [6.07, 6.45) is 2.42. The molecule has 1 aromatic carbocycles. The molecular formula is C20H25N3O2S. The standard InChI is InChI=1S/C20H25N3O2S/c1-15-7-2-3-8-16(15)20(25)22-14-19(24)21-13-17(18-9-6-12-26-18)23-10-4-5-11-23/h2-3,6-9,12,17H,4-5,10-11,13-14H2,1H3,(H,21,24)(H,22,25). The van der Waals surface area contributed by atoms with Gasteiger partial charge < -0.3 is 10.6 Å². The van der Waals surface area contributed by atoms with Gasteiger partial charge in [-0.15, -0.1) is 11.3 Å². The van der Waals surface area contributed by atoms with Crippen molar-refractivity contribution < 1.29 is 9.59 Å². The topological polar surface area (TPSA) is 61.4 Å². The molecule has 0 saturated carbocycles. The van der Waals surface area contributed by atoms with E-state index in [1.807, 2.05) is 31.2 Å². The second kappa shape index (κ2) is 8.96. The second-order valence-corrected chi connectivity index (χ2v) is 7.56. The van der Waals surface area contributed by atoms with Gasteiger partial charge in [0.25, 0.3) is 5.91 Å². The molecule has 1 atom stereocenters. The molecule has 1 aromatic heterocycles. The number of thiophene rings is 1. The Labute approximate surface area is 158 Å². The first kappa shape index (κ1) is 18.6. The Morgan fingerprint density at radius 3 is 2.58 bits per heavy atom. The van der Waals surface area contributed by atoms with Crippen molar-refractivity contribution >= 4 is 23.2 Å². The minimum atomic E-state index is -0.215. The summed E-state index contributed by atoms with van der Waals surface area (Å²) < 4.78 is 0. The van der Waals surface area contributed by atoms with Crippen LogP contribution in [0, 0.1) is 6.92 Å². The van der Waals surface area contributed by atoms with E-state index in [4.69, 9.17) is 0 Å². The van der Waals surface area contributed by atoms with E-state index in [-0.39, 0.29) is 24.4 Å². The molecule has 0 aliphatic carbocycles. The van der Waals surface area contributed by atoms with Crippen LogP contribution in [0.5, 0.6) is 0 Å². The van der Waals surface area contributed by atoms with E-state index in [1.54, 1.807) is 17.4 Å². The highest BCUT2D eigenvalue weighted by Crippen LogP contribution is 2.27. The quantitative estimate of drug-likeness (QED) is 0.787. The smallest absolute Gasteiger partial charge is 0.251 e. The first-order valence-electron chi connectivity index (χ1n) is 9.03. The molecule has 0 spiro atoms. The molecular weight excluding hydrogens is 346 g/mol. The molecule has 1 aliphatic rings. The number of aryl methyl sites for hydroxylation is 1. The molecule has 1 unspecified atom stereocenters. The van der Waals surface area contributed by atoms with Crippen LogP contribution in [0.25, 0.3) is 0 Å². The van der Waals surface area contributed by atoms with Crippen molar-refractivity contribution in [2.45, 2.75) is 25.8 Å². The summed E-state index contributed by atoms with van der Waals surface area (Å²) in [6.45, 7) is 4.59. The van der Waals surface area contributed by atoms with Crippen molar-refractivity contribution in [3.05, 3.63) is 57.8 Å². The number of benzene rings is 1. The third-order valence-corrected chi connectivity index (χ3v) is 5.72. The lowest BCUT2D eigenvalue weighted by atomic mass is 10.1. The highest BCUT2D eigenvalue weighted by Gasteiger charge is 2.24. The summed E-state index contributed by atoms with van der Waals surface area (Å²) in [7, 11) is 0. The number of likely N-dealkylation sites (tertiary alicyclic amines) is 1. The van der Waals surface area contributed by atoms with Gasteiger partial charge in [-0.3, -0.25) is 14.5 Å². The zero-order valence-corrected chi connectivity index (χ0v) is 15.8. The predicted molar refractivity (Wildman–Crippen MR) is 104 cm³/mol. The van der Waals surface area contributed by atoms with Crippen LogP contribution in [-0.2, 0) is 4.79 Å². The van der Waals surface area contributed by atoms with Crippen LogP contribution in [-0.4, -0.2) is 42.9 Å². The molecule has 1 aliphatic heterocycles. The van der Waals surface area contributed by atoms with Gasteiger partial charge in [-0.2, -0.15) is 0 Å². The SMILES string of the molecule is Cc1ccccc1C(=O)NCC(=O)NCC(c1cccs1)N1CCCC1. The average Bonchev–Trinajstić information content (AvgIpc) is 3.35. The molecule has 1 fully saturated rings. The third-order valence-electron chi connectivity index (χ3n) is 4.74. The molecule has 0 radical (unpaired) electrons. The number of nitrogens with zero attached hydrogens (tertiary/aromatic N) is 1. The Kier molecular flexibility index (Phi) is 6.41. The van der Waals surface area contributed by atoms with Gasteiger partial charge in [0.2, 0.25) is 5.91 Å². The fourth-order valence-electron chi connectivity index (χ4n) is 3.30. The summed E-state index contributed by atoms with van der Waals surface area (Å²) in [5.41, 5.74) is 1.51. The van der Waals surface area contributed by atoms with Crippen LogP contribution in [0.1, 0.15) is 39.7 Å². The number of hydrogen-bond acceptors (Lipinski definition) is 4. The van der Waals surface area contributed by atoms with E-state index in [9.17, 15) is 9.59 Å². The third kappa shape index (κ3) is 4.71.